The monoisotopic (exact) mass is 277 g/mol. The zero-order chi connectivity index (χ0) is 13.8. The van der Waals surface area contributed by atoms with Gasteiger partial charge < -0.3 is 10.1 Å². The van der Waals surface area contributed by atoms with Crippen LogP contribution in [0.2, 0.25) is 0 Å². The van der Waals surface area contributed by atoms with E-state index in [9.17, 15) is 0 Å². The summed E-state index contributed by atoms with van der Waals surface area (Å²) in [7, 11) is 0. The van der Waals surface area contributed by atoms with Crippen molar-refractivity contribution in [2.24, 2.45) is 0 Å². The summed E-state index contributed by atoms with van der Waals surface area (Å²) in [5.74, 6) is 0. The second-order valence-corrected chi connectivity index (χ2v) is 6.42. The molecule has 1 saturated heterocycles. The zero-order valence-corrected chi connectivity index (χ0v) is 12.6. The lowest BCUT2D eigenvalue weighted by Gasteiger charge is -2.23. The maximum atomic E-state index is 6.35. The van der Waals surface area contributed by atoms with Gasteiger partial charge in [-0.25, -0.2) is 0 Å². The maximum absolute atomic E-state index is 6.35. The number of nitrogens with zero attached hydrogens (tertiary/aromatic N) is 2. The van der Waals surface area contributed by atoms with Gasteiger partial charge in [0, 0.05) is 18.3 Å². The van der Waals surface area contributed by atoms with E-state index < -0.39 is 0 Å². The summed E-state index contributed by atoms with van der Waals surface area (Å²) in [6.45, 7) is 5.09. The Hall–Kier alpha value is -0.870. The molecule has 20 heavy (non-hydrogen) atoms. The summed E-state index contributed by atoms with van der Waals surface area (Å²) < 4.78 is 8.40. The summed E-state index contributed by atoms with van der Waals surface area (Å²) in [5.41, 5.74) is 1.51. The molecule has 4 heteroatoms. The average molecular weight is 277 g/mol. The first-order chi connectivity index (χ1) is 9.80. The van der Waals surface area contributed by atoms with Gasteiger partial charge in [0.1, 0.15) is 0 Å². The Labute approximate surface area is 121 Å². The van der Waals surface area contributed by atoms with E-state index in [4.69, 9.17) is 4.74 Å². The Morgan fingerprint density at radius 2 is 2.25 bits per heavy atom. The van der Waals surface area contributed by atoms with E-state index in [0.29, 0.717) is 6.10 Å². The third-order valence-electron chi connectivity index (χ3n) is 4.69. The van der Waals surface area contributed by atoms with Crippen molar-refractivity contribution in [3.05, 3.63) is 18.0 Å². The maximum Gasteiger partial charge on any atom is 0.0779 e. The highest BCUT2D eigenvalue weighted by atomic mass is 16.5. The molecular weight excluding hydrogens is 250 g/mol. The van der Waals surface area contributed by atoms with Gasteiger partial charge in [0.25, 0.3) is 0 Å². The molecule has 2 heterocycles. The van der Waals surface area contributed by atoms with Gasteiger partial charge in [0.15, 0.2) is 0 Å². The van der Waals surface area contributed by atoms with Gasteiger partial charge in [0.2, 0.25) is 0 Å². The fraction of sp³-hybridized carbons (Fsp3) is 0.812. The molecule has 0 aromatic carbocycles. The number of rotatable bonds is 6. The molecule has 1 spiro atoms. The molecule has 4 nitrogen and oxygen atoms in total. The summed E-state index contributed by atoms with van der Waals surface area (Å²) in [4.78, 5) is 0. The molecule has 1 aliphatic heterocycles. The van der Waals surface area contributed by atoms with E-state index in [1.165, 1.54) is 50.5 Å². The minimum absolute atomic E-state index is 0.239. The van der Waals surface area contributed by atoms with Crippen molar-refractivity contribution >= 4 is 0 Å². The van der Waals surface area contributed by atoms with E-state index in [0.717, 1.165) is 19.6 Å². The van der Waals surface area contributed by atoms with Crippen LogP contribution in [0, 0.1) is 0 Å². The SMILES string of the molecule is CCCNCc1cnn(CC2CCC3(CCCC3)O2)c1. The van der Waals surface area contributed by atoms with Crippen LogP contribution in [0.25, 0.3) is 0 Å². The molecule has 0 radical (unpaired) electrons. The molecule has 1 saturated carbocycles. The van der Waals surface area contributed by atoms with Crippen molar-refractivity contribution in [1.82, 2.24) is 15.1 Å². The lowest BCUT2D eigenvalue weighted by atomic mass is 9.98. The Kier molecular flexibility index (Phi) is 4.41. The molecular formula is C16H27N3O. The van der Waals surface area contributed by atoms with E-state index in [1.54, 1.807) is 0 Å². The Bertz CT molecular complexity index is 423. The van der Waals surface area contributed by atoms with Crippen LogP contribution < -0.4 is 5.32 Å². The fourth-order valence-electron chi connectivity index (χ4n) is 3.63. The van der Waals surface area contributed by atoms with Crippen LogP contribution >= 0.6 is 0 Å². The molecule has 1 unspecified atom stereocenters. The van der Waals surface area contributed by atoms with Crippen molar-refractivity contribution in [3.63, 3.8) is 0 Å². The molecule has 1 aromatic heterocycles. The summed E-state index contributed by atoms with van der Waals surface area (Å²) in [6, 6.07) is 0. The number of ether oxygens (including phenoxy) is 1. The standard InChI is InChI=1S/C16H27N3O/c1-2-9-17-10-14-11-18-19(12-14)13-15-5-8-16(20-15)6-3-4-7-16/h11-12,15,17H,2-10,13H2,1H3. The lowest BCUT2D eigenvalue weighted by molar-refractivity contribution is -0.0429. The number of hydrogen-bond donors (Lipinski definition) is 1. The average Bonchev–Trinajstić information content (AvgIpc) is 3.15. The van der Waals surface area contributed by atoms with Crippen molar-refractivity contribution in [2.75, 3.05) is 6.54 Å². The number of nitrogens with one attached hydrogen (secondary N) is 1. The molecule has 112 valence electrons. The van der Waals surface area contributed by atoms with Crippen LogP contribution in [0.15, 0.2) is 12.4 Å². The van der Waals surface area contributed by atoms with Gasteiger partial charge in [-0.3, -0.25) is 4.68 Å². The first kappa shape index (κ1) is 14.1. The molecule has 0 bridgehead atoms. The Morgan fingerprint density at radius 3 is 3.05 bits per heavy atom. The summed E-state index contributed by atoms with van der Waals surface area (Å²) in [6.07, 6.45) is 13.4. The van der Waals surface area contributed by atoms with Crippen LogP contribution in [0.3, 0.4) is 0 Å². The first-order valence-corrected chi connectivity index (χ1v) is 8.19. The predicted octanol–water partition coefficient (Wildman–Crippen LogP) is 2.87. The molecule has 1 atom stereocenters. The number of hydrogen-bond acceptors (Lipinski definition) is 3. The smallest absolute Gasteiger partial charge is 0.0779 e. The highest BCUT2D eigenvalue weighted by Crippen LogP contribution is 2.43. The molecule has 0 amide bonds. The van der Waals surface area contributed by atoms with Gasteiger partial charge in [-0.2, -0.15) is 5.10 Å². The highest BCUT2D eigenvalue weighted by molar-refractivity contribution is 5.03. The molecule has 3 rings (SSSR count). The summed E-state index contributed by atoms with van der Waals surface area (Å²) in [5, 5.41) is 7.88. The normalized spacial score (nSPS) is 24.8. The second kappa shape index (κ2) is 6.27. The minimum atomic E-state index is 0.239. The first-order valence-electron chi connectivity index (χ1n) is 8.19. The van der Waals surface area contributed by atoms with Crippen LogP contribution in [-0.4, -0.2) is 28.0 Å². The van der Waals surface area contributed by atoms with Crippen LogP contribution in [0.4, 0.5) is 0 Å². The van der Waals surface area contributed by atoms with Crippen molar-refractivity contribution < 1.29 is 4.74 Å². The van der Waals surface area contributed by atoms with E-state index >= 15 is 0 Å². The minimum Gasteiger partial charge on any atom is -0.370 e. The third kappa shape index (κ3) is 3.23. The van der Waals surface area contributed by atoms with Crippen molar-refractivity contribution in [3.8, 4) is 0 Å². The predicted molar refractivity (Wildman–Crippen MR) is 79.5 cm³/mol. The third-order valence-corrected chi connectivity index (χ3v) is 4.69. The van der Waals surface area contributed by atoms with E-state index in [1.807, 2.05) is 6.20 Å². The highest BCUT2D eigenvalue weighted by Gasteiger charge is 2.42. The van der Waals surface area contributed by atoms with Crippen molar-refractivity contribution in [2.45, 2.75) is 76.7 Å². The summed E-state index contributed by atoms with van der Waals surface area (Å²) >= 11 is 0. The second-order valence-electron chi connectivity index (χ2n) is 6.42. The van der Waals surface area contributed by atoms with Crippen LogP contribution in [-0.2, 0) is 17.8 Å². The van der Waals surface area contributed by atoms with Crippen molar-refractivity contribution in [1.29, 1.82) is 0 Å². The lowest BCUT2D eigenvalue weighted by Crippen LogP contribution is -2.26. The van der Waals surface area contributed by atoms with E-state index in [-0.39, 0.29) is 5.60 Å². The van der Waals surface area contributed by atoms with Gasteiger partial charge in [-0.05, 0) is 38.6 Å². The molecule has 2 fully saturated rings. The molecule has 1 N–H and O–H groups in total. The van der Waals surface area contributed by atoms with Crippen LogP contribution in [0.5, 0.6) is 0 Å². The van der Waals surface area contributed by atoms with Gasteiger partial charge in [-0.1, -0.05) is 19.8 Å². The molecule has 1 aliphatic carbocycles. The largest absolute Gasteiger partial charge is 0.370 e. The Morgan fingerprint density at radius 1 is 1.40 bits per heavy atom. The Balaban J connectivity index is 1.48. The van der Waals surface area contributed by atoms with Gasteiger partial charge >= 0.3 is 0 Å². The topological polar surface area (TPSA) is 39.1 Å². The quantitative estimate of drug-likeness (QED) is 0.813. The van der Waals surface area contributed by atoms with E-state index in [2.05, 4.69) is 28.2 Å². The van der Waals surface area contributed by atoms with Gasteiger partial charge in [0.05, 0.1) is 24.4 Å². The molecule has 2 aliphatic rings. The zero-order valence-electron chi connectivity index (χ0n) is 12.6. The van der Waals surface area contributed by atoms with Crippen LogP contribution in [0.1, 0.15) is 57.4 Å². The number of aromatic nitrogens is 2. The molecule has 1 aromatic rings. The fourth-order valence-corrected chi connectivity index (χ4v) is 3.63. The van der Waals surface area contributed by atoms with Gasteiger partial charge in [-0.15, -0.1) is 0 Å².